The highest BCUT2D eigenvalue weighted by atomic mass is 32.2. The molecule has 0 heterocycles. The minimum Gasteiger partial charge on any atom is -0.497 e. The van der Waals surface area contributed by atoms with Gasteiger partial charge >= 0.3 is 0 Å². The lowest BCUT2D eigenvalue weighted by Gasteiger charge is -2.14. The van der Waals surface area contributed by atoms with Gasteiger partial charge in [-0.05, 0) is 50.2 Å². The van der Waals surface area contributed by atoms with Crippen molar-refractivity contribution < 1.29 is 22.7 Å². The van der Waals surface area contributed by atoms with Crippen molar-refractivity contribution >= 4 is 33.0 Å². The number of sulfone groups is 1. The van der Waals surface area contributed by atoms with Crippen LogP contribution < -0.4 is 15.4 Å². The highest BCUT2D eigenvalue weighted by Crippen LogP contribution is 2.16. The predicted octanol–water partition coefficient (Wildman–Crippen LogP) is 2.38. The second-order valence-electron chi connectivity index (χ2n) is 6.08. The van der Waals surface area contributed by atoms with Crippen LogP contribution in [-0.2, 0) is 19.4 Å². The number of hydrogen-bond donors (Lipinski definition) is 2. The third kappa shape index (κ3) is 5.82. The standard InChI is InChI=1S/C19H22N2O5S/c1-13-4-6-15(7-5-13)20-18(22)12-27(24,25)14(2)19(23)21-16-8-10-17(26-3)11-9-16/h4-11,14H,12H2,1-3H3,(H,20,22)(H,21,23). The van der Waals surface area contributed by atoms with Gasteiger partial charge < -0.3 is 15.4 Å². The normalized spacial score (nSPS) is 12.1. The number of carbonyl (C=O) groups excluding carboxylic acids is 2. The summed E-state index contributed by atoms with van der Waals surface area (Å²) in [6.45, 7) is 3.16. The molecule has 0 saturated heterocycles. The van der Waals surface area contributed by atoms with Crippen LogP contribution in [0.5, 0.6) is 5.75 Å². The van der Waals surface area contributed by atoms with E-state index in [9.17, 15) is 18.0 Å². The van der Waals surface area contributed by atoms with Crippen LogP contribution in [0.15, 0.2) is 48.5 Å². The molecule has 0 saturated carbocycles. The Balaban J connectivity index is 1.97. The van der Waals surface area contributed by atoms with E-state index in [4.69, 9.17) is 4.74 Å². The third-order valence-electron chi connectivity index (χ3n) is 3.93. The molecule has 2 rings (SSSR count). The van der Waals surface area contributed by atoms with Crippen LogP contribution in [0.2, 0.25) is 0 Å². The number of rotatable bonds is 7. The molecule has 144 valence electrons. The van der Waals surface area contributed by atoms with E-state index in [0.29, 0.717) is 17.1 Å². The smallest absolute Gasteiger partial charge is 0.242 e. The van der Waals surface area contributed by atoms with Crippen LogP contribution in [0.25, 0.3) is 0 Å². The van der Waals surface area contributed by atoms with Gasteiger partial charge in [0.05, 0.1) is 7.11 Å². The van der Waals surface area contributed by atoms with Crippen molar-refractivity contribution in [1.29, 1.82) is 0 Å². The van der Waals surface area contributed by atoms with E-state index < -0.39 is 32.7 Å². The summed E-state index contributed by atoms with van der Waals surface area (Å²) in [5, 5.41) is 3.67. The number of amides is 2. The Labute approximate surface area is 158 Å². The molecule has 27 heavy (non-hydrogen) atoms. The van der Waals surface area contributed by atoms with Crippen LogP contribution in [0, 0.1) is 6.92 Å². The molecule has 2 aromatic carbocycles. The first kappa shape index (κ1) is 20.4. The van der Waals surface area contributed by atoms with Gasteiger partial charge in [0.1, 0.15) is 16.8 Å². The van der Waals surface area contributed by atoms with Gasteiger partial charge in [-0.15, -0.1) is 0 Å². The Morgan fingerprint density at radius 2 is 1.48 bits per heavy atom. The van der Waals surface area contributed by atoms with Gasteiger partial charge in [0.2, 0.25) is 11.8 Å². The van der Waals surface area contributed by atoms with E-state index in [1.807, 2.05) is 6.92 Å². The maximum atomic E-state index is 12.4. The summed E-state index contributed by atoms with van der Waals surface area (Å²) in [6, 6.07) is 13.4. The van der Waals surface area contributed by atoms with Crippen LogP contribution in [0.4, 0.5) is 11.4 Å². The Bertz CT molecular complexity index is 906. The molecule has 0 aliphatic rings. The van der Waals surface area contributed by atoms with E-state index in [1.165, 1.54) is 14.0 Å². The minimum absolute atomic E-state index is 0.437. The number of nitrogens with one attached hydrogen (secondary N) is 2. The molecular formula is C19H22N2O5S. The number of methoxy groups -OCH3 is 1. The lowest BCUT2D eigenvalue weighted by Crippen LogP contribution is -2.37. The van der Waals surface area contributed by atoms with Gasteiger partial charge in [-0.25, -0.2) is 8.42 Å². The lowest BCUT2D eigenvalue weighted by molar-refractivity contribution is -0.115. The summed E-state index contributed by atoms with van der Waals surface area (Å²) in [6.07, 6.45) is 0. The van der Waals surface area contributed by atoms with Crippen molar-refractivity contribution in [2.24, 2.45) is 0 Å². The van der Waals surface area contributed by atoms with Gasteiger partial charge in [-0.2, -0.15) is 0 Å². The third-order valence-corrected chi connectivity index (χ3v) is 5.89. The molecule has 2 N–H and O–H groups in total. The zero-order chi connectivity index (χ0) is 20.0. The molecule has 0 fully saturated rings. The van der Waals surface area contributed by atoms with Crippen molar-refractivity contribution in [3.05, 3.63) is 54.1 Å². The van der Waals surface area contributed by atoms with Crippen LogP contribution in [-0.4, -0.2) is 38.3 Å². The van der Waals surface area contributed by atoms with Crippen molar-refractivity contribution in [1.82, 2.24) is 0 Å². The molecule has 7 nitrogen and oxygen atoms in total. The van der Waals surface area contributed by atoms with E-state index in [-0.39, 0.29) is 0 Å². The Morgan fingerprint density at radius 1 is 0.963 bits per heavy atom. The molecule has 0 aliphatic heterocycles. The van der Waals surface area contributed by atoms with Crippen molar-refractivity contribution in [3.63, 3.8) is 0 Å². The van der Waals surface area contributed by atoms with Gasteiger partial charge in [0.15, 0.2) is 9.84 Å². The van der Waals surface area contributed by atoms with Crippen LogP contribution in [0.1, 0.15) is 12.5 Å². The van der Waals surface area contributed by atoms with Gasteiger partial charge in [-0.1, -0.05) is 17.7 Å². The maximum Gasteiger partial charge on any atom is 0.242 e. The zero-order valence-corrected chi connectivity index (χ0v) is 16.2. The summed E-state index contributed by atoms with van der Waals surface area (Å²) in [5.41, 5.74) is 1.95. The van der Waals surface area contributed by atoms with E-state index in [1.54, 1.807) is 48.5 Å². The number of benzene rings is 2. The largest absolute Gasteiger partial charge is 0.497 e. The second-order valence-corrected chi connectivity index (χ2v) is 8.40. The summed E-state index contributed by atoms with van der Waals surface area (Å²) in [5.74, 6) is -1.56. The fraction of sp³-hybridized carbons (Fsp3) is 0.263. The van der Waals surface area contributed by atoms with Crippen molar-refractivity contribution in [2.45, 2.75) is 19.1 Å². The minimum atomic E-state index is -3.97. The summed E-state index contributed by atoms with van der Waals surface area (Å²) in [7, 11) is -2.45. The monoisotopic (exact) mass is 390 g/mol. The van der Waals surface area contributed by atoms with E-state index >= 15 is 0 Å². The number of hydrogen-bond acceptors (Lipinski definition) is 5. The van der Waals surface area contributed by atoms with Gasteiger partial charge in [-0.3, -0.25) is 9.59 Å². The van der Waals surface area contributed by atoms with Crippen molar-refractivity contribution in [2.75, 3.05) is 23.5 Å². The fourth-order valence-electron chi connectivity index (χ4n) is 2.22. The number of carbonyl (C=O) groups is 2. The van der Waals surface area contributed by atoms with Crippen molar-refractivity contribution in [3.8, 4) is 5.75 Å². The summed E-state index contributed by atoms with van der Waals surface area (Å²) in [4.78, 5) is 24.3. The number of ether oxygens (including phenoxy) is 1. The Morgan fingerprint density at radius 3 is 2.04 bits per heavy atom. The first-order chi connectivity index (χ1) is 12.7. The number of anilines is 2. The maximum absolute atomic E-state index is 12.4. The highest BCUT2D eigenvalue weighted by molar-refractivity contribution is 7.93. The molecule has 1 atom stereocenters. The zero-order valence-electron chi connectivity index (χ0n) is 15.4. The molecule has 0 bridgehead atoms. The molecule has 0 aliphatic carbocycles. The average Bonchev–Trinajstić information content (AvgIpc) is 2.63. The van der Waals surface area contributed by atoms with Gasteiger partial charge in [0, 0.05) is 11.4 Å². The molecule has 0 aromatic heterocycles. The molecule has 1 unspecified atom stereocenters. The quantitative estimate of drug-likeness (QED) is 0.756. The highest BCUT2D eigenvalue weighted by Gasteiger charge is 2.30. The van der Waals surface area contributed by atoms with Gasteiger partial charge in [0.25, 0.3) is 0 Å². The van der Waals surface area contributed by atoms with E-state index in [2.05, 4.69) is 10.6 Å². The fourth-order valence-corrected chi connectivity index (χ4v) is 3.30. The van der Waals surface area contributed by atoms with Crippen LogP contribution >= 0.6 is 0 Å². The Hall–Kier alpha value is -2.87. The first-order valence-corrected chi connectivity index (χ1v) is 9.96. The average molecular weight is 390 g/mol. The molecule has 0 spiro atoms. The number of aryl methyl sites for hydroxylation is 1. The molecule has 2 aromatic rings. The van der Waals surface area contributed by atoms with Crippen LogP contribution in [0.3, 0.4) is 0 Å². The molecule has 8 heteroatoms. The predicted molar refractivity (Wildman–Crippen MR) is 105 cm³/mol. The Kier molecular flexibility index (Phi) is 6.57. The molecular weight excluding hydrogens is 368 g/mol. The molecule has 2 amide bonds. The second kappa shape index (κ2) is 8.68. The topological polar surface area (TPSA) is 102 Å². The summed E-state index contributed by atoms with van der Waals surface area (Å²) < 4.78 is 29.8. The van der Waals surface area contributed by atoms with E-state index in [0.717, 1.165) is 5.56 Å². The SMILES string of the molecule is COc1ccc(NC(=O)C(C)S(=O)(=O)CC(=O)Nc2ccc(C)cc2)cc1. The molecule has 0 radical (unpaired) electrons. The first-order valence-electron chi connectivity index (χ1n) is 8.24. The summed E-state index contributed by atoms with van der Waals surface area (Å²) >= 11 is 0. The lowest BCUT2D eigenvalue weighted by atomic mass is 10.2.